The van der Waals surface area contributed by atoms with E-state index in [-0.39, 0.29) is 19.1 Å². The number of aliphatic hydroxyl groups excluding tert-OH is 2. The summed E-state index contributed by atoms with van der Waals surface area (Å²) in [6.07, 6.45) is 5.04. The van der Waals surface area contributed by atoms with Crippen molar-refractivity contribution in [2.75, 3.05) is 13.2 Å². The Balaban J connectivity index is 2.45. The second kappa shape index (κ2) is 4.83. The van der Waals surface area contributed by atoms with Crippen LogP contribution >= 0.6 is 0 Å². The van der Waals surface area contributed by atoms with Crippen LogP contribution in [0.5, 0.6) is 0 Å². The molecule has 1 aliphatic carbocycles. The van der Waals surface area contributed by atoms with Crippen LogP contribution in [0.1, 0.15) is 32.6 Å². The van der Waals surface area contributed by atoms with Gasteiger partial charge in [0.1, 0.15) is 0 Å². The fraction of sp³-hybridized carbons (Fsp3) is 1.00. The predicted molar refractivity (Wildman–Crippen MR) is 48.8 cm³/mol. The molecule has 0 aliphatic heterocycles. The first-order chi connectivity index (χ1) is 5.79. The second-order valence-electron chi connectivity index (χ2n) is 4.05. The molecule has 72 valence electrons. The Morgan fingerprint density at radius 2 is 1.75 bits per heavy atom. The molecule has 0 saturated heterocycles. The average molecular weight is 172 g/mol. The zero-order valence-corrected chi connectivity index (χ0v) is 7.87. The lowest BCUT2D eigenvalue weighted by Crippen LogP contribution is -2.29. The largest absolute Gasteiger partial charge is 0.396 e. The molecule has 1 rings (SSSR count). The van der Waals surface area contributed by atoms with Crippen molar-refractivity contribution >= 4 is 0 Å². The van der Waals surface area contributed by atoms with Gasteiger partial charge in [0, 0.05) is 19.1 Å². The highest BCUT2D eigenvalue weighted by molar-refractivity contribution is 4.77. The highest BCUT2D eigenvalue weighted by Gasteiger charge is 2.27. The molecule has 12 heavy (non-hydrogen) atoms. The van der Waals surface area contributed by atoms with Gasteiger partial charge in [0.05, 0.1) is 0 Å². The van der Waals surface area contributed by atoms with E-state index in [0.717, 1.165) is 0 Å². The number of rotatable bonds is 3. The van der Waals surface area contributed by atoms with E-state index in [1.807, 2.05) is 0 Å². The van der Waals surface area contributed by atoms with Crippen LogP contribution in [0.4, 0.5) is 0 Å². The normalized spacial score (nSPS) is 31.0. The molecule has 0 radical (unpaired) electrons. The van der Waals surface area contributed by atoms with Crippen molar-refractivity contribution in [3.05, 3.63) is 0 Å². The first-order valence-electron chi connectivity index (χ1n) is 5.01. The van der Waals surface area contributed by atoms with E-state index in [9.17, 15) is 0 Å². The van der Waals surface area contributed by atoms with Crippen LogP contribution in [0, 0.1) is 17.8 Å². The minimum absolute atomic E-state index is 0.125. The molecule has 2 heteroatoms. The lowest BCUT2D eigenvalue weighted by atomic mass is 9.74. The monoisotopic (exact) mass is 172 g/mol. The van der Waals surface area contributed by atoms with Gasteiger partial charge in [-0.1, -0.05) is 26.2 Å². The zero-order chi connectivity index (χ0) is 8.97. The van der Waals surface area contributed by atoms with Crippen molar-refractivity contribution in [1.29, 1.82) is 0 Å². The molecule has 1 aliphatic rings. The van der Waals surface area contributed by atoms with Crippen molar-refractivity contribution in [1.82, 2.24) is 0 Å². The smallest absolute Gasteiger partial charge is 0.0483 e. The molecule has 0 aromatic heterocycles. The Bertz CT molecular complexity index is 121. The SMILES string of the molecule is CC1CCCCC1C(CO)CO. The average Bonchev–Trinajstić information content (AvgIpc) is 2.10. The molecule has 1 saturated carbocycles. The standard InChI is InChI=1S/C10H20O2/c1-8-4-2-3-5-10(8)9(6-11)7-12/h8-12H,2-7H2,1H3. The minimum Gasteiger partial charge on any atom is -0.396 e. The first-order valence-corrected chi connectivity index (χ1v) is 5.01. The molecule has 1 fully saturated rings. The summed E-state index contributed by atoms with van der Waals surface area (Å²) in [4.78, 5) is 0. The quantitative estimate of drug-likeness (QED) is 0.676. The topological polar surface area (TPSA) is 40.5 Å². The van der Waals surface area contributed by atoms with Crippen LogP contribution in [0.2, 0.25) is 0 Å². The summed E-state index contributed by atoms with van der Waals surface area (Å²) in [6.45, 7) is 2.53. The molecule has 2 atom stereocenters. The van der Waals surface area contributed by atoms with Crippen LogP contribution in [0.3, 0.4) is 0 Å². The summed E-state index contributed by atoms with van der Waals surface area (Å²) in [7, 11) is 0. The van der Waals surface area contributed by atoms with Crippen molar-refractivity contribution in [3.8, 4) is 0 Å². The van der Waals surface area contributed by atoms with Crippen molar-refractivity contribution in [3.63, 3.8) is 0 Å². The van der Waals surface area contributed by atoms with E-state index in [1.54, 1.807) is 0 Å². The lowest BCUT2D eigenvalue weighted by Gasteiger charge is -2.33. The van der Waals surface area contributed by atoms with Gasteiger partial charge in [-0.25, -0.2) is 0 Å². The zero-order valence-electron chi connectivity index (χ0n) is 7.87. The van der Waals surface area contributed by atoms with Crippen molar-refractivity contribution in [2.45, 2.75) is 32.6 Å². The van der Waals surface area contributed by atoms with Crippen LogP contribution in [0.15, 0.2) is 0 Å². The highest BCUT2D eigenvalue weighted by atomic mass is 16.3. The molecule has 0 bridgehead atoms. The minimum atomic E-state index is 0.125. The molecule has 0 aromatic carbocycles. The Hall–Kier alpha value is -0.0800. The predicted octanol–water partition coefficient (Wildman–Crippen LogP) is 1.41. The third-order valence-electron chi connectivity index (χ3n) is 3.25. The summed E-state index contributed by atoms with van der Waals surface area (Å²) >= 11 is 0. The number of aliphatic hydroxyl groups is 2. The third kappa shape index (κ3) is 2.20. The van der Waals surface area contributed by atoms with E-state index in [4.69, 9.17) is 10.2 Å². The molecule has 0 amide bonds. The van der Waals surface area contributed by atoms with Gasteiger partial charge in [0.25, 0.3) is 0 Å². The van der Waals surface area contributed by atoms with Gasteiger partial charge in [-0.05, 0) is 18.3 Å². The summed E-state index contributed by atoms with van der Waals surface area (Å²) < 4.78 is 0. The summed E-state index contributed by atoms with van der Waals surface area (Å²) in [5.41, 5.74) is 0. The van der Waals surface area contributed by atoms with Gasteiger partial charge in [-0.3, -0.25) is 0 Å². The fourth-order valence-electron chi connectivity index (χ4n) is 2.37. The van der Waals surface area contributed by atoms with Gasteiger partial charge < -0.3 is 10.2 Å². The molecule has 2 unspecified atom stereocenters. The van der Waals surface area contributed by atoms with Gasteiger partial charge in [0.15, 0.2) is 0 Å². The number of hydrogen-bond donors (Lipinski definition) is 2. The van der Waals surface area contributed by atoms with E-state index < -0.39 is 0 Å². The maximum atomic E-state index is 9.04. The Labute approximate surface area is 74.6 Å². The van der Waals surface area contributed by atoms with Crippen LogP contribution < -0.4 is 0 Å². The summed E-state index contributed by atoms with van der Waals surface area (Å²) in [5, 5.41) is 18.1. The van der Waals surface area contributed by atoms with Crippen LogP contribution in [0.25, 0.3) is 0 Å². The maximum Gasteiger partial charge on any atom is 0.0483 e. The lowest BCUT2D eigenvalue weighted by molar-refractivity contribution is 0.0625. The third-order valence-corrected chi connectivity index (χ3v) is 3.25. The molecule has 2 nitrogen and oxygen atoms in total. The van der Waals surface area contributed by atoms with Gasteiger partial charge >= 0.3 is 0 Å². The molecular weight excluding hydrogens is 152 g/mol. The van der Waals surface area contributed by atoms with Crippen molar-refractivity contribution in [2.24, 2.45) is 17.8 Å². The molecule has 0 spiro atoms. The Morgan fingerprint density at radius 1 is 1.17 bits per heavy atom. The first kappa shape index (κ1) is 10.0. The van der Waals surface area contributed by atoms with Gasteiger partial charge in [-0.15, -0.1) is 0 Å². The number of hydrogen-bond acceptors (Lipinski definition) is 2. The van der Waals surface area contributed by atoms with Crippen LogP contribution in [-0.4, -0.2) is 23.4 Å². The highest BCUT2D eigenvalue weighted by Crippen LogP contribution is 2.34. The second-order valence-corrected chi connectivity index (χ2v) is 4.05. The van der Waals surface area contributed by atoms with E-state index in [1.165, 1.54) is 25.7 Å². The summed E-state index contributed by atoms with van der Waals surface area (Å²) in [6, 6.07) is 0. The molecule has 0 aromatic rings. The summed E-state index contributed by atoms with van der Waals surface area (Å²) in [5.74, 6) is 1.36. The van der Waals surface area contributed by atoms with Crippen LogP contribution in [-0.2, 0) is 0 Å². The molecule has 0 heterocycles. The molecule has 2 N–H and O–H groups in total. The fourth-order valence-corrected chi connectivity index (χ4v) is 2.37. The van der Waals surface area contributed by atoms with Crippen molar-refractivity contribution < 1.29 is 10.2 Å². The maximum absolute atomic E-state index is 9.04. The van der Waals surface area contributed by atoms with E-state index in [2.05, 4.69) is 6.92 Å². The molecular formula is C10H20O2. The Morgan fingerprint density at radius 3 is 2.25 bits per heavy atom. The van der Waals surface area contributed by atoms with Gasteiger partial charge in [0.2, 0.25) is 0 Å². The van der Waals surface area contributed by atoms with E-state index >= 15 is 0 Å². The Kier molecular flexibility index (Phi) is 4.02. The van der Waals surface area contributed by atoms with Gasteiger partial charge in [-0.2, -0.15) is 0 Å². The van der Waals surface area contributed by atoms with E-state index in [0.29, 0.717) is 11.8 Å².